The van der Waals surface area contributed by atoms with Gasteiger partial charge in [0.15, 0.2) is 0 Å². The predicted octanol–water partition coefficient (Wildman–Crippen LogP) is 1.13. The summed E-state index contributed by atoms with van der Waals surface area (Å²) in [5, 5.41) is 0. The summed E-state index contributed by atoms with van der Waals surface area (Å²) in [6.45, 7) is 6.12. The summed E-state index contributed by atoms with van der Waals surface area (Å²) >= 11 is 0. The van der Waals surface area contributed by atoms with Gasteiger partial charge in [-0.25, -0.2) is 4.79 Å². The summed E-state index contributed by atoms with van der Waals surface area (Å²) in [4.78, 5) is 14.1. The van der Waals surface area contributed by atoms with Crippen LogP contribution in [0.2, 0.25) is 0 Å². The molecular weight excluding hydrogens is 128 g/mol. The van der Waals surface area contributed by atoms with Crippen LogP contribution in [0.5, 0.6) is 0 Å². The average Bonchev–Trinajstić information content (AvgIpc) is 2.00. The SMILES string of the molecule is C=CN(C)C(=O)N(C)CC. The summed E-state index contributed by atoms with van der Waals surface area (Å²) in [5.41, 5.74) is 0. The van der Waals surface area contributed by atoms with E-state index in [-0.39, 0.29) is 6.03 Å². The number of carbonyl (C=O) groups excluding carboxylic acids is 1. The maximum Gasteiger partial charge on any atom is 0.323 e. The highest BCUT2D eigenvalue weighted by atomic mass is 16.2. The van der Waals surface area contributed by atoms with E-state index in [9.17, 15) is 4.79 Å². The molecule has 0 rings (SSSR count). The van der Waals surface area contributed by atoms with Crippen molar-refractivity contribution in [1.82, 2.24) is 9.80 Å². The van der Waals surface area contributed by atoms with E-state index in [0.717, 1.165) is 6.54 Å². The van der Waals surface area contributed by atoms with Crippen molar-refractivity contribution in [2.24, 2.45) is 0 Å². The van der Waals surface area contributed by atoms with Crippen molar-refractivity contribution in [2.45, 2.75) is 6.92 Å². The maximum absolute atomic E-state index is 11.1. The lowest BCUT2D eigenvalue weighted by molar-refractivity contribution is 0.189. The Morgan fingerprint density at radius 2 is 2.10 bits per heavy atom. The number of amides is 2. The van der Waals surface area contributed by atoms with Crippen LogP contribution in [0.1, 0.15) is 6.92 Å². The Labute approximate surface area is 61.9 Å². The van der Waals surface area contributed by atoms with Crippen LogP contribution < -0.4 is 0 Å². The Morgan fingerprint density at radius 1 is 1.60 bits per heavy atom. The number of hydrogen-bond donors (Lipinski definition) is 0. The molecule has 0 N–H and O–H groups in total. The van der Waals surface area contributed by atoms with Crippen LogP contribution >= 0.6 is 0 Å². The molecule has 0 atom stereocenters. The molecule has 3 heteroatoms. The van der Waals surface area contributed by atoms with Gasteiger partial charge in [0.25, 0.3) is 0 Å². The standard InChI is InChI=1S/C7H14N2O/c1-5-8(3)7(10)9(4)6-2/h5H,1,6H2,2-4H3. The molecule has 3 nitrogen and oxygen atoms in total. The van der Waals surface area contributed by atoms with Gasteiger partial charge in [0.2, 0.25) is 0 Å². The molecule has 0 bridgehead atoms. The van der Waals surface area contributed by atoms with Crippen LogP contribution in [0.4, 0.5) is 4.79 Å². The Bertz CT molecular complexity index is 134. The zero-order valence-electron chi connectivity index (χ0n) is 6.79. The lowest BCUT2D eigenvalue weighted by atomic mass is 10.6. The molecule has 0 fully saturated rings. The molecule has 0 aliphatic carbocycles. The summed E-state index contributed by atoms with van der Waals surface area (Å²) in [6, 6.07) is -0.0301. The van der Waals surface area contributed by atoms with Gasteiger partial charge in [0, 0.05) is 26.8 Å². The first-order valence-corrected chi connectivity index (χ1v) is 3.24. The number of hydrogen-bond acceptors (Lipinski definition) is 1. The molecule has 2 amide bonds. The third-order valence-corrected chi connectivity index (χ3v) is 1.38. The molecular formula is C7H14N2O. The molecule has 0 radical (unpaired) electrons. The minimum absolute atomic E-state index is 0.0301. The van der Waals surface area contributed by atoms with Gasteiger partial charge >= 0.3 is 6.03 Å². The van der Waals surface area contributed by atoms with Crippen LogP contribution in [-0.2, 0) is 0 Å². The van der Waals surface area contributed by atoms with Crippen molar-refractivity contribution in [3.8, 4) is 0 Å². The minimum atomic E-state index is -0.0301. The molecule has 10 heavy (non-hydrogen) atoms. The lowest BCUT2D eigenvalue weighted by Crippen LogP contribution is -2.35. The molecule has 0 heterocycles. The predicted molar refractivity (Wildman–Crippen MR) is 41.7 cm³/mol. The van der Waals surface area contributed by atoms with E-state index in [1.807, 2.05) is 6.92 Å². The van der Waals surface area contributed by atoms with E-state index >= 15 is 0 Å². The molecule has 0 aromatic carbocycles. The van der Waals surface area contributed by atoms with E-state index in [1.54, 1.807) is 19.0 Å². The fourth-order valence-electron chi connectivity index (χ4n) is 0.483. The molecule has 0 aliphatic rings. The second kappa shape index (κ2) is 3.93. The van der Waals surface area contributed by atoms with Crippen molar-refractivity contribution in [2.75, 3.05) is 20.6 Å². The first-order chi connectivity index (χ1) is 4.63. The molecule has 0 aliphatic heterocycles. The van der Waals surface area contributed by atoms with Crippen LogP contribution in [-0.4, -0.2) is 36.5 Å². The first-order valence-electron chi connectivity index (χ1n) is 3.24. The molecule has 0 aromatic heterocycles. The van der Waals surface area contributed by atoms with Gasteiger partial charge in [-0.2, -0.15) is 0 Å². The first kappa shape index (κ1) is 9.01. The van der Waals surface area contributed by atoms with E-state index in [0.29, 0.717) is 0 Å². The van der Waals surface area contributed by atoms with Crippen LogP contribution in [0.15, 0.2) is 12.8 Å². The Hall–Kier alpha value is -0.990. The monoisotopic (exact) mass is 142 g/mol. The smallest absolute Gasteiger partial charge is 0.323 e. The van der Waals surface area contributed by atoms with Crippen molar-refractivity contribution >= 4 is 6.03 Å². The fourth-order valence-corrected chi connectivity index (χ4v) is 0.483. The summed E-state index contributed by atoms with van der Waals surface area (Å²) in [7, 11) is 3.43. The number of rotatable bonds is 2. The van der Waals surface area contributed by atoms with Gasteiger partial charge in [-0.15, -0.1) is 0 Å². The second-order valence-corrected chi connectivity index (χ2v) is 2.09. The topological polar surface area (TPSA) is 23.6 Å². The van der Waals surface area contributed by atoms with E-state index in [1.165, 1.54) is 11.1 Å². The average molecular weight is 142 g/mol. The molecule has 0 unspecified atom stereocenters. The van der Waals surface area contributed by atoms with Crippen LogP contribution in [0.3, 0.4) is 0 Å². The third-order valence-electron chi connectivity index (χ3n) is 1.38. The van der Waals surface area contributed by atoms with E-state index in [2.05, 4.69) is 6.58 Å². The quantitative estimate of drug-likeness (QED) is 0.567. The Balaban J connectivity index is 3.93. The van der Waals surface area contributed by atoms with Crippen molar-refractivity contribution < 1.29 is 4.79 Å². The summed E-state index contributed by atoms with van der Waals surface area (Å²) in [6.07, 6.45) is 1.49. The van der Waals surface area contributed by atoms with Gasteiger partial charge in [-0.1, -0.05) is 6.58 Å². The normalized spacial score (nSPS) is 8.70. The van der Waals surface area contributed by atoms with E-state index < -0.39 is 0 Å². The van der Waals surface area contributed by atoms with Gasteiger partial charge in [0.1, 0.15) is 0 Å². The van der Waals surface area contributed by atoms with Crippen LogP contribution in [0.25, 0.3) is 0 Å². The molecule has 58 valence electrons. The number of urea groups is 1. The van der Waals surface area contributed by atoms with Gasteiger partial charge < -0.3 is 9.80 Å². The molecule has 0 saturated carbocycles. The van der Waals surface area contributed by atoms with Crippen molar-refractivity contribution in [1.29, 1.82) is 0 Å². The Morgan fingerprint density at radius 3 is 2.40 bits per heavy atom. The largest absolute Gasteiger partial charge is 0.328 e. The summed E-state index contributed by atoms with van der Waals surface area (Å²) in [5.74, 6) is 0. The van der Waals surface area contributed by atoms with Gasteiger partial charge in [0.05, 0.1) is 0 Å². The second-order valence-electron chi connectivity index (χ2n) is 2.09. The molecule has 0 saturated heterocycles. The van der Waals surface area contributed by atoms with Crippen molar-refractivity contribution in [3.05, 3.63) is 12.8 Å². The lowest BCUT2D eigenvalue weighted by Gasteiger charge is -2.19. The summed E-state index contributed by atoms with van der Waals surface area (Å²) < 4.78 is 0. The zero-order valence-corrected chi connectivity index (χ0v) is 6.79. The highest BCUT2D eigenvalue weighted by molar-refractivity contribution is 5.74. The minimum Gasteiger partial charge on any atom is -0.328 e. The highest BCUT2D eigenvalue weighted by Crippen LogP contribution is 1.91. The van der Waals surface area contributed by atoms with Crippen molar-refractivity contribution in [3.63, 3.8) is 0 Å². The highest BCUT2D eigenvalue weighted by Gasteiger charge is 2.07. The fraction of sp³-hybridized carbons (Fsp3) is 0.571. The van der Waals surface area contributed by atoms with Gasteiger partial charge in [-0.3, -0.25) is 0 Å². The van der Waals surface area contributed by atoms with E-state index in [4.69, 9.17) is 0 Å². The molecule has 0 aromatic rings. The number of carbonyl (C=O) groups is 1. The zero-order chi connectivity index (χ0) is 8.15. The number of nitrogens with zero attached hydrogens (tertiary/aromatic N) is 2. The van der Waals surface area contributed by atoms with Gasteiger partial charge in [-0.05, 0) is 6.92 Å². The third kappa shape index (κ3) is 2.09. The van der Waals surface area contributed by atoms with Crippen LogP contribution in [0, 0.1) is 0 Å². The maximum atomic E-state index is 11.1. The molecule has 0 spiro atoms. The Kier molecular flexibility index (Phi) is 3.54.